The average Bonchev–Trinajstić information content (AvgIpc) is 2.84. The Bertz CT molecular complexity index is 371. The summed E-state index contributed by atoms with van der Waals surface area (Å²) in [6, 6.07) is 8.62. The highest BCUT2D eigenvalue weighted by molar-refractivity contribution is 5.32. The molecule has 1 heterocycles. The van der Waals surface area contributed by atoms with Crippen molar-refractivity contribution in [2.75, 3.05) is 13.2 Å². The van der Waals surface area contributed by atoms with E-state index in [1.807, 2.05) is 0 Å². The molecular formula is C16H22O2. The fourth-order valence-electron chi connectivity index (χ4n) is 3.38. The van der Waals surface area contributed by atoms with E-state index in [-0.39, 0.29) is 6.10 Å². The molecule has 18 heavy (non-hydrogen) atoms. The number of hydrogen-bond donors (Lipinski definition) is 1. The molecule has 1 aromatic rings. The number of aliphatic hydroxyl groups excluding tert-OH is 1. The number of fused-ring (bicyclic) bond motifs is 1. The van der Waals surface area contributed by atoms with Crippen molar-refractivity contribution in [3.8, 4) is 0 Å². The van der Waals surface area contributed by atoms with Crippen LogP contribution in [0.25, 0.3) is 0 Å². The molecule has 2 heteroatoms. The van der Waals surface area contributed by atoms with Crippen LogP contribution in [0, 0.1) is 11.8 Å². The Morgan fingerprint density at radius 1 is 1.11 bits per heavy atom. The standard InChI is InChI=1S/C16H22O2/c17-16(9-12-5-7-18-8-6-12)15-10-13-3-1-2-4-14(13)11-15/h1-4,12,15-17H,5-11H2. The molecule has 1 fully saturated rings. The van der Waals surface area contributed by atoms with Crippen molar-refractivity contribution >= 4 is 0 Å². The number of aliphatic hydroxyl groups is 1. The summed E-state index contributed by atoms with van der Waals surface area (Å²) >= 11 is 0. The van der Waals surface area contributed by atoms with Crippen LogP contribution in [0.1, 0.15) is 30.4 Å². The Labute approximate surface area is 109 Å². The van der Waals surface area contributed by atoms with Gasteiger partial charge in [-0.3, -0.25) is 0 Å². The average molecular weight is 246 g/mol. The molecule has 1 aliphatic carbocycles. The van der Waals surface area contributed by atoms with Crippen LogP contribution >= 0.6 is 0 Å². The van der Waals surface area contributed by atoms with Crippen LogP contribution in [-0.2, 0) is 17.6 Å². The van der Waals surface area contributed by atoms with Crippen molar-refractivity contribution in [2.24, 2.45) is 11.8 Å². The van der Waals surface area contributed by atoms with Gasteiger partial charge in [0.15, 0.2) is 0 Å². The van der Waals surface area contributed by atoms with Crippen molar-refractivity contribution in [3.63, 3.8) is 0 Å². The van der Waals surface area contributed by atoms with Gasteiger partial charge in [0.05, 0.1) is 6.10 Å². The van der Waals surface area contributed by atoms with Crippen LogP contribution in [0.3, 0.4) is 0 Å². The molecule has 98 valence electrons. The van der Waals surface area contributed by atoms with Crippen LogP contribution in [-0.4, -0.2) is 24.4 Å². The molecule has 1 atom stereocenters. The van der Waals surface area contributed by atoms with Gasteiger partial charge in [0.1, 0.15) is 0 Å². The van der Waals surface area contributed by atoms with E-state index in [4.69, 9.17) is 4.74 Å². The lowest BCUT2D eigenvalue weighted by atomic mass is 9.87. The predicted molar refractivity (Wildman–Crippen MR) is 71.5 cm³/mol. The molecule has 0 amide bonds. The van der Waals surface area contributed by atoms with E-state index >= 15 is 0 Å². The summed E-state index contributed by atoms with van der Waals surface area (Å²) in [4.78, 5) is 0. The first kappa shape index (κ1) is 12.2. The van der Waals surface area contributed by atoms with Gasteiger partial charge in [-0.2, -0.15) is 0 Å². The minimum atomic E-state index is -0.138. The van der Waals surface area contributed by atoms with Gasteiger partial charge in [-0.1, -0.05) is 24.3 Å². The molecular weight excluding hydrogens is 224 g/mol. The maximum absolute atomic E-state index is 10.4. The van der Waals surface area contributed by atoms with Gasteiger partial charge in [-0.15, -0.1) is 0 Å². The summed E-state index contributed by atoms with van der Waals surface area (Å²) in [5.41, 5.74) is 2.88. The third kappa shape index (κ3) is 2.60. The highest BCUT2D eigenvalue weighted by atomic mass is 16.5. The summed E-state index contributed by atoms with van der Waals surface area (Å²) in [5, 5.41) is 10.4. The largest absolute Gasteiger partial charge is 0.393 e. The van der Waals surface area contributed by atoms with Gasteiger partial charge < -0.3 is 9.84 Å². The molecule has 0 aromatic heterocycles. The molecule has 0 spiro atoms. The summed E-state index contributed by atoms with van der Waals surface area (Å²) < 4.78 is 5.38. The number of benzene rings is 1. The Morgan fingerprint density at radius 3 is 2.33 bits per heavy atom. The normalized spacial score (nSPS) is 22.9. The first-order valence-corrected chi connectivity index (χ1v) is 7.15. The lowest BCUT2D eigenvalue weighted by Gasteiger charge is -2.26. The minimum Gasteiger partial charge on any atom is -0.393 e. The molecule has 1 saturated heterocycles. The first-order valence-electron chi connectivity index (χ1n) is 7.15. The van der Waals surface area contributed by atoms with Crippen molar-refractivity contribution in [1.29, 1.82) is 0 Å². The maximum Gasteiger partial charge on any atom is 0.0577 e. The SMILES string of the molecule is OC(CC1CCOCC1)C1Cc2ccccc2C1. The maximum atomic E-state index is 10.4. The van der Waals surface area contributed by atoms with E-state index in [1.54, 1.807) is 0 Å². The van der Waals surface area contributed by atoms with E-state index in [0.29, 0.717) is 11.8 Å². The summed E-state index contributed by atoms with van der Waals surface area (Å²) in [5.74, 6) is 1.10. The zero-order valence-electron chi connectivity index (χ0n) is 10.8. The lowest BCUT2D eigenvalue weighted by Crippen LogP contribution is -2.27. The fourth-order valence-corrected chi connectivity index (χ4v) is 3.38. The molecule has 1 aromatic carbocycles. The van der Waals surface area contributed by atoms with Crippen LogP contribution < -0.4 is 0 Å². The molecule has 2 nitrogen and oxygen atoms in total. The molecule has 2 aliphatic rings. The van der Waals surface area contributed by atoms with E-state index in [2.05, 4.69) is 24.3 Å². The quantitative estimate of drug-likeness (QED) is 0.888. The smallest absolute Gasteiger partial charge is 0.0577 e. The second-order valence-electron chi connectivity index (χ2n) is 5.80. The van der Waals surface area contributed by atoms with Crippen LogP contribution in [0.2, 0.25) is 0 Å². The molecule has 3 rings (SSSR count). The van der Waals surface area contributed by atoms with E-state index < -0.39 is 0 Å². The van der Waals surface area contributed by atoms with Crippen molar-refractivity contribution in [2.45, 2.75) is 38.2 Å². The summed E-state index contributed by atoms with van der Waals surface area (Å²) in [7, 11) is 0. The highest BCUT2D eigenvalue weighted by Gasteiger charge is 2.29. The summed E-state index contributed by atoms with van der Waals surface area (Å²) in [6.45, 7) is 1.75. The van der Waals surface area contributed by atoms with Crippen molar-refractivity contribution < 1.29 is 9.84 Å². The monoisotopic (exact) mass is 246 g/mol. The number of rotatable bonds is 3. The van der Waals surface area contributed by atoms with Gasteiger partial charge in [0, 0.05) is 13.2 Å². The second-order valence-corrected chi connectivity index (χ2v) is 5.80. The minimum absolute atomic E-state index is 0.138. The highest BCUT2D eigenvalue weighted by Crippen LogP contribution is 2.32. The van der Waals surface area contributed by atoms with Crippen molar-refractivity contribution in [3.05, 3.63) is 35.4 Å². The van der Waals surface area contributed by atoms with Gasteiger partial charge >= 0.3 is 0 Å². The third-order valence-corrected chi connectivity index (χ3v) is 4.54. The zero-order valence-corrected chi connectivity index (χ0v) is 10.8. The number of hydrogen-bond acceptors (Lipinski definition) is 2. The Hall–Kier alpha value is -0.860. The lowest BCUT2D eigenvalue weighted by molar-refractivity contribution is 0.0290. The van der Waals surface area contributed by atoms with E-state index in [1.165, 1.54) is 11.1 Å². The molecule has 1 aliphatic heterocycles. The predicted octanol–water partition coefficient (Wildman–Crippen LogP) is 2.58. The van der Waals surface area contributed by atoms with Crippen LogP contribution in [0.5, 0.6) is 0 Å². The topological polar surface area (TPSA) is 29.5 Å². The Kier molecular flexibility index (Phi) is 3.67. The molecule has 0 bridgehead atoms. The molecule has 1 unspecified atom stereocenters. The fraction of sp³-hybridized carbons (Fsp3) is 0.625. The van der Waals surface area contributed by atoms with Gasteiger partial charge in [0.2, 0.25) is 0 Å². The van der Waals surface area contributed by atoms with Gasteiger partial charge in [-0.05, 0) is 55.1 Å². The van der Waals surface area contributed by atoms with E-state index in [9.17, 15) is 5.11 Å². The third-order valence-electron chi connectivity index (χ3n) is 4.54. The molecule has 0 radical (unpaired) electrons. The first-order chi connectivity index (χ1) is 8.83. The second kappa shape index (κ2) is 5.41. The molecule has 1 N–H and O–H groups in total. The number of ether oxygens (including phenoxy) is 1. The van der Waals surface area contributed by atoms with Gasteiger partial charge in [0.25, 0.3) is 0 Å². The Balaban J connectivity index is 1.56. The Morgan fingerprint density at radius 2 is 1.72 bits per heavy atom. The van der Waals surface area contributed by atoms with E-state index in [0.717, 1.165) is 45.3 Å². The van der Waals surface area contributed by atoms with Gasteiger partial charge in [-0.25, -0.2) is 0 Å². The summed E-state index contributed by atoms with van der Waals surface area (Å²) in [6.07, 6.45) is 5.18. The zero-order chi connectivity index (χ0) is 12.4. The van der Waals surface area contributed by atoms with Crippen LogP contribution in [0.4, 0.5) is 0 Å². The molecule has 0 saturated carbocycles. The van der Waals surface area contributed by atoms with Crippen LogP contribution in [0.15, 0.2) is 24.3 Å². The van der Waals surface area contributed by atoms with Crippen molar-refractivity contribution in [1.82, 2.24) is 0 Å².